The number of hydrogen-bond acceptors (Lipinski definition) is 4. The number of hydrogen-bond donors (Lipinski definition) is 1. The molecule has 3 aromatic rings. The summed E-state index contributed by atoms with van der Waals surface area (Å²) in [5, 5.41) is 0.737. The van der Waals surface area contributed by atoms with Crippen LogP contribution in [0.2, 0.25) is 0 Å². The zero-order chi connectivity index (χ0) is 17.1. The zero-order valence-electron chi connectivity index (χ0n) is 12.8. The van der Waals surface area contributed by atoms with E-state index in [2.05, 4.69) is 14.7 Å². The Balaban J connectivity index is 2.11. The lowest BCUT2D eigenvalue weighted by atomic mass is 10.0. The smallest absolute Gasteiger partial charge is 0.387 e. The van der Waals surface area contributed by atoms with E-state index in [0.29, 0.717) is 29.1 Å². The summed E-state index contributed by atoms with van der Waals surface area (Å²) in [6.07, 6.45) is 1.57. The van der Waals surface area contributed by atoms with Crippen molar-refractivity contribution in [1.82, 2.24) is 9.97 Å². The van der Waals surface area contributed by atoms with Gasteiger partial charge in [0.2, 0.25) is 5.88 Å². The standard InChI is InChI=1S/C17H14F2N2O3/c1-2-23-13-8-5-11-9-20-16(22)14(15(11)21-13)10-3-6-12(7-4-10)24-17(18)19/h3-9,17H,2H2,1H3,(H,20,22). The van der Waals surface area contributed by atoms with Crippen molar-refractivity contribution in [2.24, 2.45) is 0 Å². The Morgan fingerprint density at radius 1 is 1.17 bits per heavy atom. The van der Waals surface area contributed by atoms with E-state index >= 15 is 0 Å². The van der Waals surface area contributed by atoms with Crippen molar-refractivity contribution < 1.29 is 18.3 Å². The van der Waals surface area contributed by atoms with Crippen molar-refractivity contribution in [2.45, 2.75) is 13.5 Å². The van der Waals surface area contributed by atoms with Gasteiger partial charge < -0.3 is 14.5 Å². The van der Waals surface area contributed by atoms with Crippen LogP contribution in [0.4, 0.5) is 8.78 Å². The van der Waals surface area contributed by atoms with E-state index in [0.717, 1.165) is 5.39 Å². The number of alkyl halides is 2. The first-order valence-electron chi connectivity index (χ1n) is 7.29. The van der Waals surface area contributed by atoms with E-state index in [1.54, 1.807) is 18.3 Å². The molecule has 0 amide bonds. The molecule has 2 heterocycles. The summed E-state index contributed by atoms with van der Waals surface area (Å²) in [7, 11) is 0. The van der Waals surface area contributed by atoms with Crippen LogP contribution in [0.25, 0.3) is 22.0 Å². The third-order valence-corrected chi connectivity index (χ3v) is 3.38. The van der Waals surface area contributed by atoms with Crippen LogP contribution in [0, 0.1) is 0 Å². The van der Waals surface area contributed by atoms with Gasteiger partial charge in [-0.05, 0) is 30.7 Å². The monoisotopic (exact) mass is 332 g/mol. The molecule has 0 saturated heterocycles. The Morgan fingerprint density at radius 2 is 1.92 bits per heavy atom. The highest BCUT2D eigenvalue weighted by atomic mass is 19.3. The van der Waals surface area contributed by atoms with Gasteiger partial charge in [-0.1, -0.05) is 12.1 Å². The summed E-state index contributed by atoms with van der Waals surface area (Å²) in [5.74, 6) is 0.433. The van der Waals surface area contributed by atoms with Gasteiger partial charge >= 0.3 is 6.61 Å². The predicted molar refractivity (Wildman–Crippen MR) is 85.6 cm³/mol. The summed E-state index contributed by atoms with van der Waals surface area (Å²) in [6.45, 7) is -0.601. The summed E-state index contributed by atoms with van der Waals surface area (Å²) >= 11 is 0. The first-order valence-corrected chi connectivity index (χ1v) is 7.29. The molecule has 7 heteroatoms. The number of rotatable bonds is 5. The van der Waals surface area contributed by atoms with Crippen LogP contribution in [0.1, 0.15) is 6.92 Å². The molecule has 5 nitrogen and oxygen atoms in total. The number of aromatic amines is 1. The maximum absolute atomic E-state index is 12.3. The average molecular weight is 332 g/mol. The minimum absolute atomic E-state index is 0.0216. The van der Waals surface area contributed by atoms with Crippen molar-refractivity contribution in [3.05, 3.63) is 52.9 Å². The molecule has 0 fully saturated rings. The topological polar surface area (TPSA) is 64.2 Å². The molecule has 2 aromatic heterocycles. The van der Waals surface area contributed by atoms with Crippen molar-refractivity contribution in [3.8, 4) is 22.8 Å². The van der Waals surface area contributed by atoms with E-state index < -0.39 is 6.61 Å². The van der Waals surface area contributed by atoms with E-state index in [-0.39, 0.29) is 11.3 Å². The van der Waals surface area contributed by atoms with Gasteiger partial charge in [0.15, 0.2) is 0 Å². The second-order valence-electron chi connectivity index (χ2n) is 4.92. The largest absolute Gasteiger partial charge is 0.478 e. The quantitative estimate of drug-likeness (QED) is 0.775. The summed E-state index contributed by atoms with van der Waals surface area (Å²) < 4.78 is 34.2. The van der Waals surface area contributed by atoms with Gasteiger partial charge in [-0.15, -0.1) is 0 Å². The third kappa shape index (κ3) is 3.19. The van der Waals surface area contributed by atoms with Crippen LogP contribution in [0.3, 0.4) is 0 Å². The Kier molecular flexibility index (Phi) is 4.41. The lowest BCUT2D eigenvalue weighted by Crippen LogP contribution is -2.10. The van der Waals surface area contributed by atoms with Gasteiger partial charge in [0.05, 0.1) is 17.7 Å². The van der Waals surface area contributed by atoms with Crippen molar-refractivity contribution >= 4 is 10.9 Å². The SMILES string of the molecule is CCOc1ccc2c[nH]c(=O)c(-c3ccc(OC(F)F)cc3)c2n1. The van der Waals surface area contributed by atoms with Crippen molar-refractivity contribution in [1.29, 1.82) is 0 Å². The molecule has 3 rings (SSSR count). The molecule has 0 bridgehead atoms. The molecule has 0 aliphatic rings. The Bertz CT molecular complexity index is 908. The molecule has 0 radical (unpaired) electrons. The zero-order valence-corrected chi connectivity index (χ0v) is 12.8. The number of benzene rings is 1. The second-order valence-corrected chi connectivity index (χ2v) is 4.92. The summed E-state index contributed by atoms with van der Waals surface area (Å²) in [4.78, 5) is 19.3. The van der Waals surface area contributed by atoms with Crippen LogP contribution in [0.15, 0.2) is 47.4 Å². The van der Waals surface area contributed by atoms with E-state index in [1.807, 2.05) is 6.92 Å². The van der Waals surface area contributed by atoms with Gasteiger partial charge in [0.1, 0.15) is 5.75 Å². The second kappa shape index (κ2) is 6.66. The highest BCUT2D eigenvalue weighted by molar-refractivity contribution is 5.92. The van der Waals surface area contributed by atoms with Crippen LogP contribution in [-0.4, -0.2) is 23.2 Å². The Hall–Kier alpha value is -2.96. The summed E-state index contributed by atoms with van der Waals surface area (Å²) in [5.41, 5.74) is 1.04. The molecular formula is C17H14F2N2O3. The van der Waals surface area contributed by atoms with Crippen molar-refractivity contribution in [3.63, 3.8) is 0 Å². The maximum atomic E-state index is 12.3. The number of pyridine rings is 2. The fourth-order valence-electron chi connectivity index (χ4n) is 2.39. The van der Waals surface area contributed by atoms with Crippen LogP contribution in [-0.2, 0) is 0 Å². The van der Waals surface area contributed by atoms with E-state index in [4.69, 9.17) is 4.74 Å². The fraction of sp³-hybridized carbons (Fsp3) is 0.176. The predicted octanol–water partition coefficient (Wildman–Crippen LogP) is 3.59. The lowest BCUT2D eigenvalue weighted by molar-refractivity contribution is -0.0498. The molecule has 0 aliphatic heterocycles. The Labute approximate surface area is 135 Å². The highest BCUT2D eigenvalue weighted by Crippen LogP contribution is 2.27. The minimum atomic E-state index is -2.90. The molecule has 1 N–H and O–H groups in total. The number of aromatic nitrogens is 2. The van der Waals surface area contributed by atoms with E-state index in [9.17, 15) is 13.6 Å². The number of ether oxygens (including phenoxy) is 2. The summed E-state index contributed by atoms with van der Waals surface area (Å²) in [6, 6.07) is 9.35. The molecule has 24 heavy (non-hydrogen) atoms. The number of fused-ring (bicyclic) bond motifs is 1. The fourth-order valence-corrected chi connectivity index (χ4v) is 2.39. The van der Waals surface area contributed by atoms with Crippen molar-refractivity contribution in [2.75, 3.05) is 6.61 Å². The number of nitrogens with one attached hydrogen (secondary N) is 1. The molecule has 0 saturated carbocycles. The molecule has 0 atom stereocenters. The minimum Gasteiger partial charge on any atom is -0.478 e. The molecule has 0 unspecified atom stereocenters. The van der Waals surface area contributed by atoms with Crippen LogP contribution < -0.4 is 15.0 Å². The molecule has 1 aromatic carbocycles. The highest BCUT2D eigenvalue weighted by Gasteiger charge is 2.12. The molecule has 0 aliphatic carbocycles. The number of H-pyrrole nitrogens is 1. The average Bonchev–Trinajstić information content (AvgIpc) is 2.55. The number of nitrogens with zero attached hydrogens (tertiary/aromatic N) is 1. The molecule has 0 spiro atoms. The van der Waals surface area contributed by atoms with Gasteiger partial charge in [-0.2, -0.15) is 8.78 Å². The first kappa shape index (κ1) is 15.9. The van der Waals surface area contributed by atoms with Gasteiger partial charge in [-0.25, -0.2) is 4.98 Å². The first-order chi connectivity index (χ1) is 11.6. The van der Waals surface area contributed by atoms with Gasteiger partial charge in [0.25, 0.3) is 5.56 Å². The number of halogens is 2. The van der Waals surface area contributed by atoms with Crippen LogP contribution in [0.5, 0.6) is 11.6 Å². The molecule has 124 valence electrons. The Morgan fingerprint density at radius 3 is 2.58 bits per heavy atom. The van der Waals surface area contributed by atoms with Crippen LogP contribution >= 0.6 is 0 Å². The maximum Gasteiger partial charge on any atom is 0.387 e. The third-order valence-electron chi connectivity index (χ3n) is 3.38. The van der Waals surface area contributed by atoms with E-state index in [1.165, 1.54) is 24.3 Å². The van der Waals surface area contributed by atoms with Gasteiger partial charge in [-0.3, -0.25) is 4.79 Å². The molecular weight excluding hydrogens is 318 g/mol. The lowest BCUT2D eigenvalue weighted by Gasteiger charge is -2.09. The normalized spacial score (nSPS) is 11.0. The van der Waals surface area contributed by atoms with Gasteiger partial charge in [0, 0.05) is 17.6 Å².